The van der Waals surface area contributed by atoms with Gasteiger partial charge in [0.1, 0.15) is 18.2 Å². The molecule has 1 fully saturated rings. The van der Waals surface area contributed by atoms with Crippen LogP contribution in [0.4, 0.5) is 0 Å². The van der Waals surface area contributed by atoms with Gasteiger partial charge < -0.3 is 29.9 Å². The molecule has 0 bridgehead atoms. The smallest absolute Gasteiger partial charge is 0.306 e. The average molecular weight is 497 g/mol. The zero-order valence-corrected chi connectivity index (χ0v) is 20.4. The number of phenolic OH excluding ortho intramolecular Hbond substituents is 1. The summed E-state index contributed by atoms with van der Waals surface area (Å²) in [5.74, 6) is -1.08. The summed E-state index contributed by atoms with van der Waals surface area (Å²) in [5.41, 5.74) is 0.518. The number of nitrogens with zero attached hydrogens (tertiary/aromatic N) is 1. The first-order chi connectivity index (χ1) is 16.2. The summed E-state index contributed by atoms with van der Waals surface area (Å²) in [6, 6.07) is 2.97. The van der Waals surface area contributed by atoms with E-state index in [-0.39, 0.29) is 47.8 Å². The molecule has 10 nitrogen and oxygen atoms in total. The van der Waals surface area contributed by atoms with Crippen molar-refractivity contribution in [1.82, 2.24) is 10.2 Å². The number of ether oxygens (including phenoxy) is 2. The van der Waals surface area contributed by atoms with Crippen molar-refractivity contribution in [3.05, 3.63) is 23.8 Å². The summed E-state index contributed by atoms with van der Waals surface area (Å²) in [4.78, 5) is 50.8. The summed E-state index contributed by atoms with van der Waals surface area (Å²) in [7, 11) is 1.41. The molecule has 1 saturated heterocycles. The largest absolute Gasteiger partial charge is 0.504 e. The molecule has 0 radical (unpaired) electrons. The number of thioether (sulfide) groups is 1. The van der Waals surface area contributed by atoms with Crippen LogP contribution in [0.2, 0.25) is 0 Å². The Labute approximate surface area is 203 Å². The van der Waals surface area contributed by atoms with E-state index in [1.165, 1.54) is 31.1 Å². The summed E-state index contributed by atoms with van der Waals surface area (Å²) in [6.45, 7) is 3.88. The third-order valence-electron chi connectivity index (χ3n) is 5.37. The third-order valence-corrected chi connectivity index (χ3v) is 6.33. The quantitative estimate of drug-likeness (QED) is 0.383. The number of nitrogens with one attached hydrogen (secondary N) is 1. The van der Waals surface area contributed by atoms with Gasteiger partial charge in [-0.25, -0.2) is 0 Å². The Balaban J connectivity index is 1.88. The highest BCUT2D eigenvalue weighted by Gasteiger charge is 2.36. The van der Waals surface area contributed by atoms with Crippen LogP contribution >= 0.6 is 11.8 Å². The fourth-order valence-corrected chi connectivity index (χ4v) is 4.55. The second-order valence-corrected chi connectivity index (χ2v) is 8.97. The zero-order valence-electron chi connectivity index (χ0n) is 19.6. The summed E-state index contributed by atoms with van der Waals surface area (Å²) >= 11 is 0.994. The lowest BCUT2D eigenvalue weighted by Gasteiger charge is -2.27. The maximum atomic E-state index is 12.9. The van der Waals surface area contributed by atoms with Crippen LogP contribution in [0.1, 0.15) is 38.7 Å². The topological polar surface area (TPSA) is 142 Å². The number of methoxy groups -OCH3 is 1. The van der Waals surface area contributed by atoms with E-state index in [1.54, 1.807) is 13.0 Å². The number of likely N-dealkylation sites (tertiary alicyclic amines) is 1. The number of aromatic hydroxyl groups is 1. The van der Waals surface area contributed by atoms with Gasteiger partial charge in [0, 0.05) is 18.7 Å². The van der Waals surface area contributed by atoms with Gasteiger partial charge in [0.2, 0.25) is 16.9 Å². The van der Waals surface area contributed by atoms with Gasteiger partial charge in [-0.3, -0.25) is 19.2 Å². The lowest BCUT2D eigenvalue weighted by atomic mass is 10.1. The van der Waals surface area contributed by atoms with E-state index in [4.69, 9.17) is 9.47 Å². The van der Waals surface area contributed by atoms with Crippen molar-refractivity contribution in [3.8, 4) is 11.5 Å². The molecule has 0 spiro atoms. The molecule has 2 amide bonds. The molecular formula is C23H32N2O8S. The Hall–Kier alpha value is -2.79. The van der Waals surface area contributed by atoms with Crippen LogP contribution in [0.15, 0.2) is 18.2 Å². The zero-order chi connectivity index (χ0) is 25.3. The molecule has 1 aliphatic heterocycles. The Morgan fingerprint density at radius 3 is 2.68 bits per heavy atom. The van der Waals surface area contributed by atoms with Gasteiger partial charge in [0.25, 0.3) is 0 Å². The first-order valence-corrected chi connectivity index (χ1v) is 12.1. The molecule has 1 aromatic carbocycles. The van der Waals surface area contributed by atoms with E-state index in [1.807, 2.05) is 0 Å². The van der Waals surface area contributed by atoms with E-state index in [2.05, 4.69) is 5.32 Å². The highest BCUT2D eigenvalue weighted by molar-refractivity contribution is 8.13. The van der Waals surface area contributed by atoms with Crippen LogP contribution in [-0.4, -0.2) is 82.2 Å². The van der Waals surface area contributed by atoms with E-state index in [0.29, 0.717) is 24.9 Å². The van der Waals surface area contributed by atoms with Gasteiger partial charge in [0.05, 0.1) is 20.1 Å². The highest BCUT2D eigenvalue weighted by Crippen LogP contribution is 2.27. The van der Waals surface area contributed by atoms with Gasteiger partial charge in [-0.05, 0) is 44.4 Å². The normalized spacial score (nSPS) is 17.1. The first kappa shape index (κ1) is 27.5. The standard InChI is InChI=1S/C23H32N2O8S/c1-4-33-20(28)9-11-34-23(31)16-6-5-10-25(16)22(30)14(2)24-21(29)18(27)13-15-7-8-19(32-3)17(26)12-15/h7-8,12,14,16,18,26-27H,4-6,9-11,13H2,1-3H3,(H,24,29). The number of esters is 1. The highest BCUT2D eigenvalue weighted by atomic mass is 32.2. The predicted octanol–water partition coefficient (Wildman–Crippen LogP) is 1.01. The van der Waals surface area contributed by atoms with Crippen LogP contribution in [0, 0.1) is 0 Å². The lowest BCUT2D eigenvalue weighted by Crippen LogP contribution is -2.52. The van der Waals surface area contributed by atoms with Crippen molar-refractivity contribution in [1.29, 1.82) is 0 Å². The molecule has 0 aliphatic carbocycles. The Kier molecular flexibility index (Phi) is 10.6. The fourth-order valence-electron chi connectivity index (χ4n) is 3.64. The molecule has 2 rings (SSSR count). The van der Waals surface area contributed by atoms with Crippen molar-refractivity contribution in [2.45, 2.75) is 57.7 Å². The van der Waals surface area contributed by atoms with E-state index < -0.39 is 30.0 Å². The van der Waals surface area contributed by atoms with Crippen LogP contribution in [0.3, 0.4) is 0 Å². The lowest BCUT2D eigenvalue weighted by molar-refractivity contribution is -0.142. The number of carbonyl (C=O) groups excluding carboxylic acids is 4. The summed E-state index contributed by atoms with van der Waals surface area (Å²) in [5, 5.41) is 22.4. The number of amides is 2. The van der Waals surface area contributed by atoms with E-state index in [0.717, 1.165) is 11.8 Å². The summed E-state index contributed by atoms with van der Waals surface area (Å²) in [6.07, 6.45) is -0.211. The number of phenols is 1. The average Bonchev–Trinajstić information content (AvgIpc) is 3.28. The van der Waals surface area contributed by atoms with Crippen molar-refractivity contribution < 1.29 is 38.9 Å². The molecule has 3 unspecified atom stereocenters. The maximum Gasteiger partial charge on any atom is 0.306 e. The molecule has 1 aliphatic rings. The van der Waals surface area contributed by atoms with Crippen LogP contribution in [-0.2, 0) is 30.3 Å². The second-order valence-electron chi connectivity index (χ2n) is 7.87. The van der Waals surface area contributed by atoms with Gasteiger partial charge in [-0.15, -0.1) is 0 Å². The molecule has 3 N–H and O–H groups in total. The minimum absolute atomic E-state index is 0.0633. The van der Waals surface area contributed by atoms with Gasteiger partial charge in [-0.2, -0.15) is 0 Å². The van der Waals surface area contributed by atoms with Crippen molar-refractivity contribution >= 4 is 34.7 Å². The van der Waals surface area contributed by atoms with E-state index in [9.17, 15) is 29.4 Å². The minimum Gasteiger partial charge on any atom is -0.504 e. The first-order valence-electron chi connectivity index (χ1n) is 11.1. The van der Waals surface area contributed by atoms with Crippen molar-refractivity contribution in [2.24, 2.45) is 0 Å². The number of hydrogen-bond acceptors (Lipinski definition) is 9. The minimum atomic E-state index is -1.43. The number of aliphatic hydroxyl groups excluding tert-OH is 1. The molecule has 1 aromatic rings. The van der Waals surface area contributed by atoms with E-state index >= 15 is 0 Å². The second kappa shape index (κ2) is 13.2. The fraction of sp³-hybridized carbons (Fsp3) is 0.565. The Bertz CT molecular complexity index is 894. The van der Waals surface area contributed by atoms with Crippen LogP contribution in [0.25, 0.3) is 0 Å². The molecular weight excluding hydrogens is 464 g/mol. The number of hydrogen-bond donors (Lipinski definition) is 3. The SMILES string of the molecule is CCOC(=O)CCSC(=O)C1CCCN1C(=O)C(C)NC(=O)C(O)Cc1ccc(OC)c(O)c1. The van der Waals surface area contributed by atoms with Gasteiger partial charge in [0.15, 0.2) is 11.5 Å². The molecule has 0 saturated carbocycles. The third kappa shape index (κ3) is 7.63. The van der Waals surface area contributed by atoms with Crippen molar-refractivity contribution in [2.75, 3.05) is 26.0 Å². The van der Waals surface area contributed by atoms with Gasteiger partial charge >= 0.3 is 5.97 Å². The number of benzene rings is 1. The van der Waals surface area contributed by atoms with Crippen LogP contribution in [0.5, 0.6) is 11.5 Å². The number of aliphatic hydroxyl groups is 1. The molecule has 11 heteroatoms. The molecule has 188 valence electrons. The summed E-state index contributed by atoms with van der Waals surface area (Å²) < 4.78 is 9.81. The molecule has 0 aromatic heterocycles. The molecule has 3 atom stereocenters. The molecule has 1 heterocycles. The predicted molar refractivity (Wildman–Crippen MR) is 125 cm³/mol. The van der Waals surface area contributed by atoms with Crippen LogP contribution < -0.4 is 10.1 Å². The Morgan fingerprint density at radius 2 is 2.03 bits per heavy atom. The Morgan fingerprint density at radius 1 is 1.29 bits per heavy atom. The van der Waals surface area contributed by atoms with Gasteiger partial charge in [-0.1, -0.05) is 17.8 Å². The molecule has 34 heavy (non-hydrogen) atoms. The van der Waals surface area contributed by atoms with Crippen molar-refractivity contribution in [3.63, 3.8) is 0 Å². The monoisotopic (exact) mass is 496 g/mol. The number of rotatable bonds is 11. The number of carbonyl (C=O) groups is 4. The maximum absolute atomic E-state index is 12.9.